The number of imidazole rings is 1. The maximum absolute atomic E-state index is 8.74. The Labute approximate surface area is 76.6 Å². The number of aromatic amines is 1. The topological polar surface area (TPSA) is 103 Å². The molecule has 0 spiro atoms. The SMILES string of the molecule is CCc1c[nH]c(C)n1.O=S(=O)(O)O. The second-order valence-corrected chi connectivity index (χ2v) is 3.17. The zero-order valence-electron chi connectivity index (χ0n) is 7.35. The predicted molar refractivity (Wildman–Crippen MR) is 46.9 cm³/mol. The lowest BCUT2D eigenvalue weighted by Gasteiger charge is -1.79. The molecule has 0 saturated heterocycles. The number of hydrogen-bond acceptors (Lipinski definition) is 3. The van der Waals surface area contributed by atoms with Crippen LogP contribution in [0.3, 0.4) is 0 Å². The van der Waals surface area contributed by atoms with Crippen molar-refractivity contribution in [2.45, 2.75) is 20.3 Å². The summed E-state index contributed by atoms with van der Waals surface area (Å²) in [6, 6.07) is 0. The van der Waals surface area contributed by atoms with Crippen molar-refractivity contribution in [3.63, 3.8) is 0 Å². The summed E-state index contributed by atoms with van der Waals surface area (Å²) in [5, 5.41) is 0. The van der Waals surface area contributed by atoms with Crippen molar-refractivity contribution in [3.05, 3.63) is 17.7 Å². The summed E-state index contributed by atoms with van der Waals surface area (Å²) >= 11 is 0. The van der Waals surface area contributed by atoms with E-state index in [1.165, 1.54) is 0 Å². The van der Waals surface area contributed by atoms with Gasteiger partial charge in [0.15, 0.2) is 0 Å². The molecule has 0 amide bonds. The molecule has 0 aliphatic heterocycles. The van der Waals surface area contributed by atoms with Crippen molar-refractivity contribution in [2.75, 3.05) is 0 Å². The minimum absolute atomic E-state index is 1.00. The molecule has 1 rings (SSSR count). The molecule has 6 nitrogen and oxygen atoms in total. The van der Waals surface area contributed by atoms with Crippen molar-refractivity contribution < 1.29 is 17.5 Å². The van der Waals surface area contributed by atoms with Gasteiger partial charge in [-0.1, -0.05) is 6.92 Å². The molecule has 0 fully saturated rings. The summed E-state index contributed by atoms with van der Waals surface area (Å²) in [4.78, 5) is 7.18. The zero-order chi connectivity index (χ0) is 10.5. The van der Waals surface area contributed by atoms with Crippen LogP contribution < -0.4 is 0 Å². The van der Waals surface area contributed by atoms with Gasteiger partial charge in [0.05, 0.1) is 5.69 Å². The molecule has 1 aromatic heterocycles. The Balaban J connectivity index is 0.000000252. The van der Waals surface area contributed by atoms with Gasteiger partial charge in [-0.3, -0.25) is 9.11 Å². The Kier molecular flexibility index (Phi) is 4.60. The molecule has 0 atom stereocenters. The fourth-order valence-corrected chi connectivity index (χ4v) is 0.649. The summed E-state index contributed by atoms with van der Waals surface area (Å²) in [6.45, 7) is 4.05. The number of nitrogens with zero attached hydrogens (tertiary/aromatic N) is 1. The third-order valence-electron chi connectivity index (χ3n) is 1.12. The first-order valence-corrected chi connectivity index (χ1v) is 4.93. The Morgan fingerprint density at radius 1 is 1.54 bits per heavy atom. The van der Waals surface area contributed by atoms with Gasteiger partial charge >= 0.3 is 10.4 Å². The number of rotatable bonds is 1. The number of hydrogen-bond donors (Lipinski definition) is 3. The van der Waals surface area contributed by atoms with E-state index in [2.05, 4.69) is 16.9 Å². The van der Waals surface area contributed by atoms with Gasteiger partial charge in [-0.2, -0.15) is 8.42 Å². The minimum atomic E-state index is -4.67. The molecule has 1 heterocycles. The Morgan fingerprint density at radius 2 is 2.00 bits per heavy atom. The molecule has 0 aliphatic rings. The maximum Gasteiger partial charge on any atom is 0.394 e. The molecular formula is C6H12N2O4S. The third-order valence-corrected chi connectivity index (χ3v) is 1.12. The second-order valence-electron chi connectivity index (χ2n) is 2.28. The number of H-pyrrole nitrogens is 1. The fraction of sp³-hybridized carbons (Fsp3) is 0.500. The summed E-state index contributed by atoms with van der Waals surface area (Å²) < 4.78 is 31.6. The molecule has 0 radical (unpaired) electrons. The van der Waals surface area contributed by atoms with Gasteiger partial charge in [0, 0.05) is 6.20 Å². The number of nitrogens with one attached hydrogen (secondary N) is 1. The molecule has 1 aromatic rings. The smallest absolute Gasteiger partial charge is 0.349 e. The van der Waals surface area contributed by atoms with E-state index in [0.29, 0.717) is 0 Å². The van der Waals surface area contributed by atoms with E-state index in [0.717, 1.165) is 17.9 Å². The Morgan fingerprint density at radius 3 is 2.15 bits per heavy atom. The monoisotopic (exact) mass is 208 g/mol. The van der Waals surface area contributed by atoms with Gasteiger partial charge in [0.1, 0.15) is 5.82 Å². The first kappa shape index (κ1) is 12.1. The van der Waals surface area contributed by atoms with Gasteiger partial charge in [-0.15, -0.1) is 0 Å². The van der Waals surface area contributed by atoms with E-state index in [1.807, 2.05) is 13.1 Å². The minimum Gasteiger partial charge on any atom is -0.349 e. The largest absolute Gasteiger partial charge is 0.394 e. The van der Waals surface area contributed by atoms with Crippen LogP contribution in [-0.4, -0.2) is 27.5 Å². The molecular weight excluding hydrogens is 196 g/mol. The Bertz CT molecular complexity index is 335. The average molecular weight is 208 g/mol. The molecule has 0 saturated carbocycles. The average Bonchev–Trinajstić information content (AvgIpc) is 2.31. The summed E-state index contributed by atoms with van der Waals surface area (Å²) in [5.41, 5.74) is 1.14. The first-order valence-electron chi connectivity index (χ1n) is 3.53. The highest BCUT2D eigenvalue weighted by molar-refractivity contribution is 7.79. The second kappa shape index (κ2) is 4.95. The van der Waals surface area contributed by atoms with E-state index >= 15 is 0 Å². The molecule has 0 aromatic carbocycles. The van der Waals surface area contributed by atoms with Crippen molar-refractivity contribution in [1.29, 1.82) is 0 Å². The molecule has 7 heteroatoms. The van der Waals surface area contributed by atoms with E-state index in [9.17, 15) is 0 Å². The quantitative estimate of drug-likeness (QED) is 0.587. The number of aromatic nitrogens is 2. The van der Waals surface area contributed by atoms with Crippen LogP contribution >= 0.6 is 0 Å². The molecule has 0 aliphatic carbocycles. The fourth-order valence-electron chi connectivity index (χ4n) is 0.649. The number of aryl methyl sites for hydroxylation is 2. The van der Waals surface area contributed by atoms with Gasteiger partial charge in [-0.05, 0) is 13.3 Å². The van der Waals surface area contributed by atoms with Crippen LogP contribution in [0.5, 0.6) is 0 Å². The lowest BCUT2D eigenvalue weighted by atomic mass is 10.4. The third kappa shape index (κ3) is 8.99. The molecule has 0 unspecified atom stereocenters. The lowest BCUT2D eigenvalue weighted by molar-refractivity contribution is 0.381. The van der Waals surface area contributed by atoms with Crippen LogP contribution in [-0.2, 0) is 16.8 Å². The normalized spacial score (nSPS) is 10.5. The molecule has 0 bridgehead atoms. The van der Waals surface area contributed by atoms with E-state index in [1.54, 1.807) is 0 Å². The standard InChI is InChI=1S/C6H10N2.H2O4S/c1-3-6-4-7-5(2)8-6;1-5(2,3)4/h4H,3H2,1-2H3,(H,7,8);(H2,1,2,3,4). The molecule has 3 N–H and O–H groups in total. The van der Waals surface area contributed by atoms with Crippen LogP contribution in [0.1, 0.15) is 18.4 Å². The highest BCUT2D eigenvalue weighted by Crippen LogP contribution is 1.94. The highest BCUT2D eigenvalue weighted by atomic mass is 32.3. The van der Waals surface area contributed by atoms with Crippen molar-refractivity contribution in [3.8, 4) is 0 Å². The highest BCUT2D eigenvalue weighted by Gasteiger charge is 1.89. The Hall–Kier alpha value is -0.920. The van der Waals surface area contributed by atoms with Crippen LogP contribution in [0.15, 0.2) is 6.20 Å². The lowest BCUT2D eigenvalue weighted by Crippen LogP contribution is -1.89. The molecule has 13 heavy (non-hydrogen) atoms. The van der Waals surface area contributed by atoms with Crippen LogP contribution in [0.25, 0.3) is 0 Å². The van der Waals surface area contributed by atoms with Gasteiger partial charge < -0.3 is 4.98 Å². The zero-order valence-corrected chi connectivity index (χ0v) is 8.17. The van der Waals surface area contributed by atoms with Crippen molar-refractivity contribution in [2.24, 2.45) is 0 Å². The maximum atomic E-state index is 8.74. The van der Waals surface area contributed by atoms with E-state index in [4.69, 9.17) is 17.5 Å². The first-order chi connectivity index (χ1) is 5.83. The summed E-state index contributed by atoms with van der Waals surface area (Å²) in [5.74, 6) is 1.00. The van der Waals surface area contributed by atoms with Crippen LogP contribution in [0.2, 0.25) is 0 Å². The summed E-state index contributed by atoms with van der Waals surface area (Å²) in [6.07, 6.45) is 2.96. The predicted octanol–water partition coefficient (Wildman–Crippen LogP) is 0.628. The van der Waals surface area contributed by atoms with Gasteiger partial charge in [0.25, 0.3) is 0 Å². The van der Waals surface area contributed by atoms with Crippen molar-refractivity contribution >= 4 is 10.4 Å². The van der Waals surface area contributed by atoms with Gasteiger partial charge in [-0.25, -0.2) is 4.98 Å². The van der Waals surface area contributed by atoms with E-state index in [-0.39, 0.29) is 0 Å². The van der Waals surface area contributed by atoms with E-state index < -0.39 is 10.4 Å². The molecule has 76 valence electrons. The van der Waals surface area contributed by atoms with Crippen LogP contribution in [0.4, 0.5) is 0 Å². The van der Waals surface area contributed by atoms with Gasteiger partial charge in [0.2, 0.25) is 0 Å². The van der Waals surface area contributed by atoms with Crippen molar-refractivity contribution in [1.82, 2.24) is 9.97 Å². The summed E-state index contributed by atoms with van der Waals surface area (Å²) in [7, 11) is -4.67. The van der Waals surface area contributed by atoms with Crippen LogP contribution in [0, 0.1) is 6.92 Å².